The predicted octanol–water partition coefficient (Wildman–Crippen LogP) is 3.46. The van der Waals surface area contributed by atoms with E-state index in [1.165, 1.54) is 0 Å². The number of aromatic nitrogens is 1. The van der Waals surface area contributed by atoms with Gasteiger partial charge in [0.05, 0.1) is 0 Å². The van der Waals surface area contributed by atoms with Crippen LogP contribution < -0.4 is 10.3 Å². The van der Waals surface area contributed by atoms with E-state index in [9.17, 15) is 9.59 Å². The molecule has 0 aliphatic carbocycles. The van der Waals surface area contributed by atoms with Crippen LogP contribution in [0.2, 0.25) is 0 Å². The van der Waals surface area contributed by atoms with Crippen LogP contribution in [-0.4, -0.2) is 11.3 Å². The number of hydrogen-bond acceptors (Lipinski definition) is 3. The van der Waals surface area contributed by atoms with Crippen molar-refractivity contribution in [3.63, 3.8) is 0 Å². The molecule has 0 radical (unpaired) electrons. The van der Waals surface area contributed by atoms with Crippen molar-refractivity contribution < 1.29 is 9.53 Å². The van der Waals surface area contributed by atoms with E-state index in [4.69, 9.17) is 4.74 Å². The van der Waals surface area contributed by atoms with Crippen molar-refractivity contribution in [2.24, 2.45) is 0 Å². The van der Waals surface area contributed by atoms with Crippen LogP contribution in [0.5, 0.6) is 11.5 Å². The number of nitrogens with one attached hydrogen (secondary N) is 1. The molecule has 4 nitrogen and oxygen atoms in total. The lowest BCUT2D eigenvalue weighted by atomic mass is 10.1. The monoisotopic (exact) mass is 383 g/mol. The summed E-state index contributed by atoms with van der Waals surface area (Å²) < 4.78 is 6.36. The number of carbonyl (C=O) groups is 1. The highest BCUT2D eigenvalue weighted by Crippen LogP contribution is 2.30. The summed E-state index contributed by atoms with van der Waals surface area (Å²) in [5.74, 6) is 1.12. The third-order valence-corrected chi connectivity index (χ3v) is 3.97. The Morgan fingerprint density at radius 1 is 1.40 bits per heavy atom. The van der Waals surface area contributed by atoms with Crippen LogP contribution in [0, 0.1) is 10.5 Å². The minimum atomic E-state index is -0.165. The van der Waals surface area contributed by atoms with Gasteiger partial charge in [-0.2, -0.15) is 0 Å². The van der Waals surface area contributed by atoms with Gasteiger partial charge in [0, 0.05) is 16.8 Å². The lowest BCUT2D eigenvalue weighted by Gasteiger charge is -2.14. The lowest BCUT2D eigenvalue weighted by Crippen LogP contribution is -2.15. The fraction of sp³-hybridized carbons (Fsp3) is 0.200. The molecule has 5 heteroatoms. The first kappa shape index (κ1) is 14.8. The van der Waals surface area contributed by atoms with Gasteiger partial charge in [0.2, 0.25) is 0 Å². The van der Waals surface area contributed by atoms with Gasteiger partial charge in [-0.05, 0) is 48.1 Å². The van der Waals surface area contributed by atoms with E-state index in [-0.39, 0.29) is 5.56 Å². The van der Waals surface area contributed by atoms with E-state index in [0.29, 0.717) is 20.6 Å². The molecule has 1 aromatic carbocycles. The summed E-state index contributed by atoms with van der Waals surface area (Å²) in [5, 5.41) is 0. The lowest BCUT2D eigenvalue weighted by molar-refractivity contribution is 0.112. The SMILES string of the molecule is CCc1c(C)[nH]c(=O)c(I)c1Oc1cccc(C=O)c1. The molecule has 1 N–H and O–H groups in total. The minimum Gasteiger partial charge on any atom is -0.456 e. The number of aryl methyl sites for hydroxylation is 1. The van der Waals surface area contributed by atoms with E-state index < -0.39 is 0 Å². The zero-order valence-electron chi connectivity index (χ0n) is 11.2. The molecule has 0 atom stereocenters. The number of benzene rings is 1. The van der Waals surface area contributed by atoms with E-state index in [1.54, 1.807) is 24.3 Å². The van der Waals surface area contributed by atoms with Crippen LogP contribution in [0.25, 0.3) is 0 Å². The highest BCUT2D eigenvalue weighted by molar-refractivity contribution is 14.1. The number of H-pyrrole nitrogens is 1. The number of carbonyl (C=O) groups excluding carboxylic acids is 1. The van der Waals surface area contributed by atoms with Crippen molar-refractivity contribution in [3.8, 4) is 11.5 Å². The summed E-state index contributed by atoms with van der Waals surface area (Å²) in [6, 6.07) is 6.87. The number of aromatic amines is 1. The average molecular weight is 383 g/mol. The highest BCUT2D eigenvalue weighted by atomic mass is 127. The topological polar surface area (TPSA) is 59.2 Å². The third kappa shape index (κ3) is 2.92. The molecule has 1 heterocycles. The molecule has 0 amide bonds. The smallest absolute Gasteiger partial charge is 0.265 e. The van der Waals surface area contributed by atoms with Crippen molar-refractivity contribution in [2.75, 3.05) is 0 Å². The third-order valence-electron chi connectivity index (χ3n) is 2.99. The molecule has 0 saturated carbocycles. The molecule has 0 bridgehead atoms. The van der Waals surface area contributed by atoms with Crippen molar-refractivity contribution in [2.45, 2.75) is 20.3 Å². The molecule has 20 heavy (non-hydrogen) atoms. The fourth-order valence-electron chi connectivity index (χ4n) is 2.01. The molecule has 0 aliphatic rings. The number of rotatable bonds is 4. The number of aldehydes is 1. The summed E-state index contributed by atoms with van der Waals surface area (Å²) >= 11 is 1.98. The van der Waals surface area contributed by atoms with E-state index in [1.807, 2.05) is 36.4 Å². The number of halogens is 1. The Labute approximate surface area is 130 Å². The standard InChI is InChI=1S/C15H14INO3/c1-3-12-9(2)17-15(19)13(16)14(12)20-11-6-4-5-10(7-11)8-18/h4-8H,3H2,1-2H3,(H,17,19). The van der Waals surface area contributed by atoms with Gasteiger partial charge < -0.3 is 9.72 Å². The maximum absolute atomic E-state index is 11.8. The summed E-state index contributed by atoms with van der Waals surface area (Å²) in [6.07, 6.45) is 1.52. The number of pyridine rings is 1. The van der Waals surface area contributed by atoms with Gasteiger partial charge in [0.25, 0.3) is 5.56 Å². The number of hydrogen-bond donors (Lipinski definition) is 1. The maximum atomic E-state index is 11.8. The Kier molecular flexibility index (Phi) is 4.59. The van der Waals surface area contributed by atoms with Crippen LogP contribution >= 0.6 is 22.6 Å². The van der Waals surface area contributed by atoms with E-state index >= 15 is 0 Å². The Balaban J connectivity index is 2.52. The van der Waals surface area contributed by atoms with Crippen LogP contribution in [-0.2, 0) is 6.42 Å². The van der Waals surface area contributed by atoms with Crippen LogP contribution in [0.4, 0.5) is 0 Å². The zero-order chi connectivity index (χ0) is 14.7. The predicted molar refractivity (Wildman–Crippen MR) is 85.8 cm³/mol. The molecule has 0 unspecified atom stereocenters. The van der Waals surface area contributed by atoms with Gasteiger partial charge in [-0.15, -0.1) is 0 Å². The van der Waals surface area contributed by atoms with E-state index in [2.05, 4.69) is 4.98 Å². The Morgan fingerprint density at radius 2 is 2.15 bits per heavy atom. The van der Waals surface area contributed by atoms with E-state index in [0.717, 1.165) is 24.0 Å². The molecule has 1 aromatic heterocycles. The molecule has 0 aliphatic heterocycles. The van der Waals surface area contributed by atoms with Gasteiger partial charge in [-0.1, -0.05) is 19.1 Å². The first-order valence-corrected chi connectivity index (χ1v) is 7.29. The summed E-state index contributed by atoms with van der Waals surface area (Å²) in [5.41, 5.74) is 2.14. The van der Waals surface area contributed by atoms with Crippen molar-refractivity contribution >= 4 is 28.9 Å². The number of ether oxygens (including phenoxy) is 1. The Morgan fingerprint density at radius 3 is 2.80 bits per heavy atom. The molecular formula is C15H14INO3. The van der Waals surface area contributed by atoms with Crippen LogP contribution in [0.1, 0.15) is 28.5 Å². The maximum Gasteiger partial charge on any atom is 0.265 e. The normalized spacial score (nSPS) is 10.3. The summed E-state index contributed by atoms with van der Waals surface area (Å²) in [6.45, 7) is 3.86. The second-order valence-corrected chi connectivity index (χ2v) is 5.43. The fourth-order valence-corrected chi connectivity index (χ4v) is 2.58. The molecule has 0 fully saturated rings. The second kappa shape index (κ2) is 6.21. The van der Waals surface area contributed by atoms with Crippen molar-refractivity contribution in [1.29, 1.82) is 0 Å². The largest absolute Gasteiger partial charge is 0.456 e. The van der Waals surface area contributed by atoms with Gasteiger partial charge >= 0.3 is 0 Å². The molecular weight excluding hydrogens is 369 g/mol. The Hall–Kier alpha value is -1.63. The van der Waals surface area contributed by atoms with Crippen LogP contribution in [0.3, 0.4) is 0 Å². The Bertz CT molecular complexity index is 707. The molecule has 0 spiro atoms. The first-order chi connectivity index (χ1) is 9.56. The minimum absolute atomic E-state index is 0.165. The molecule has 104 valence electrons. The second-order valence-electron chi connectivity index (χ2n) is 4.35. The quantitative estimate of drug-likeness (QED) is 0.650. The molecule has 0 saturated heterocycles. The average Bonchev–Trinajstić information content (AvgIpc) is 2.45. The van der Waals surface area contributed by atoms with Crippen molar-refractivity contribution in [1.82, 2.24) is 4.98 Å². The van der Waals surface area contributed by atoms with Crippen LogP contribution in [0.15, 0.2) is 29.1 Å². The summed E-state index contributed by atoms with van der Waals surface area (Å²) in [7, 11) is 0. The van der Waals surface area contributed by atoms with Gasteiger partial charge in [0.15, 0.2) is 5.75 Å². The highest BCUT2D eigenvalue weighted by Gasteiger charge is 2.15. The van der Waals surface area contributed by atoms with Gasteiger partial charge in [0.1, 0.15) is 15.6 Å². The van der Waals surface area contributed by atoms with Gasteiger partial charge in [-0.3, -0.25) is 9.59 Å². The first-order valence-electron chi connectivity index (χ1n) is 6.21. The van der Waals surface area contributed by atoms with Gasteiger partial charge in [-0.25, -0.2) is 0 Å². The molecule has 2 aromatic rings. The van der Waals surface area contributed by atoms with Crippen molar-refractivity contribution in [3.05, 3.63) is 55.0 Å². The zero-order valence-corrected chi connectivity index (χ0v) is 13.4. The molecule has 2 rings (SSSR count). The summed E-state index contributed by atoms with van der Waals surface area (Å²) in [4.78, 5) is 25.4.